The zero-order valence-electron chi connectivity index (χ0n) is 12.4. The molecule has 1 aromatic heterocycles. The molecule has 1 aliphatic heterocycles. The van der Waals surface area contributed by atoms with Crippen molar-refractivity contribution in [1.82, 2.24) is 13.9 Å². The minimum atomic E-state index is -0.652. The Morgan fingerprint density at radius 1 is 0.917 bits per heavy atom. The van der Waals surface area contributed by atoms with Gasteiger partial charge in [0, 0.05) is 5.02 Å². The number of nitrogens with zero attached hydrogens (tertiary/aromatic N) is 3. The summed E-state index contributed by atoms with van der Waals surface area (Å²) in [4.78, 5) is 37.7. The van der Waals surface area contributed by atoms with Gasteiger partial charge in [-0.2, -0.15) is 4.68 Å². The normalized spacial score (nSPS) is 16.4. The number of fused-ring (bicyclic) bond motifs is 1. The molecule has 1 atom stereocenters. The van der Waals surface area contributed by atoms with E-state index in [1.807, 2.05) is 0 Å². The van der Waals surface area contributed by atoms with Crippen LogP contribution in [-0.2, 0) is 0 Å². The van der Waals surface area contributed by atoms with E-state index in [4.69, 9.17) is 11.6 Å². The van der Waals surface area contributed by atoms with Crippen LogP contribution in [0, 0.1) is 0 Å². The summed E-state index contributed by atoms with van der Waals surface area (Å²) in [5.74, 6) is -0.406. The van der Waals surface area contributed by atoms with Crippen LogP contribution < -0.4 is 11.4 Å². The van der Waals surface area contributed by atoms with E-state index >= 15 is 0 Å². The van der Waals surface area contributed by atoms with Gasteiger partial charge < -0.3 is 0 Å². The number of halogens is 1. The molecule has 2 aromatic carbocycles. The van der Waals surface area contributed by atoms with Gasteiger partial charge in [0.05, 0.1) is 18.2 Å². The summed E-state index contributed by atoms with van der Waals surface area (Å²) in [5, 5.41) is 0.510. The van der Waals surface area contributed by atoms with Crippen molar-refractivity contribution >= 4 is 17.5 Å². The predicted octanol–water partition coefficient (Wildman–Crippen LogP) is 2.09. The maximum atomic E-state index is 12.8. The summed E-state index contributed by atoms with van der Waals surface area (Å²) >= 11 is 6.01. The van der Waals surface area contributed by atoms with Crippen LogP contribution >= 0.6 is 11.6 Å². The molecular weight excluding hydrogens is 330 g/mol. The highest BCUT2D eigenvalue weighted by molar-refractivity contribution is 6.30. The van der Waals surface area contributed by atoms with Crippen LogP contribution in [0.3, 0.4) is 0 Å². The van der Waals surface area contributed by atoms with Gasteiger partial charge in [-0.05, 0) is 29.8 Å². The van der Waals surface area contributed by atoms with E-state index < -0.39 is 23.3 Å². The quantitative estimate of drug-likeness (QED) is 0.717. The molecule has 0 radical (unpaired) electrons. The Bertz CT molecular complexity index is 1060. The number of hydrogen-bond acceptors (Lipinski definition) is 3. The van der Waals surface area contributed by atoms with E-state index in [9.17, 15) is 14.4 Å². The molecule has 6 nitrogen and oxygen atoms in total. The number of benzene rings is 2. The van der Waals surface area contributed by atoms with Crippen LogP contribution in [0.15, 0.2) is 64.2 Å². The maximum absolute atomic E-state index is 12.8. The Balaban J connectivity index is 1.96. The third kappa shape index (κ3) is 2.07. The van der Waals surface area contributed by atoms with E-state index in [2.05, 4.69) is 0 Å². The van der Waals surface area contributed by atoms with Crippen molar-refractivity contribution < 1.29 is 4.79 Å². The summed E-state index contributed by atoms with van der Waals surface area (Å²) in [6.07, 6.45) is 0.0560. The first-order chi connectivity index (χ1) is 11.6. The number of hydrogen-bond donors (Lipinski definition) is 0. The fourth-order valence-electron chi connectivity index (χ4n) is 3.07. The van der Waals surface area contributed by atoms with Crippen LogP contribution in [-0.4, -0.2) is 19.8 Å². The van der Waals surface area contributed by atoms with Crippen molar-refractivity contribution in [3.05, 3.63) is 86.2 Å². The largest absolute Gasteiger partial charge is 0.359 e. The van der Waals surface area contributed by atoms with Crippen molar-refractivity contribution in [3.63, 3.8) is 0 Å². The minimum absolute atomic E-state index is 0.0560. The molecule has 24 heavy (non-hydrogen) atoms. The third-order valence-electron chi connectivity index (χ3n) is 4.12. The third-order valence-corrected chi connectivity index (χ3v) is 4.36. The SMILES string of the molecule is O=C1CC(c2cccc(Cl)c2)n2c(=O)n(-c3ccccc3)c(=O)n21. The lowest BCUT2D eigenvalue weighted by Crippen LogP contribution is -2.30. The van der Waals surface area contributed by atoms with Crippen molar-refractivity contribution in [2.45, 2.75) is 12.5 Å². The van der Waals surface area contributed by atoms with Crippen LogP contribution in [0.4, 0.5) is 0 Å². The Kier molecular flexibility index (Phi) is 3.28. The second-order valence-corrected chi connectivity index (χ2v) is 6.00. The first-order valence-corrected chi connectivity index (χ1v) is 7.76. The standard InChI is InChI=1S/C17H12ClN3O3/c18-12-6-4-5-11(9-12)14-10-15(22)21-17(24)19(16(23)20(14)21)13-7-2-1-3-8-13/h1-9,14H,10H2. The highest BCUT2D eigenvalue weighted by Gasteiger charge is 2.35. The molecular formula is C17H12ClN3O3. The Hall–Kier alpha value is -2.86. The average Bonchev–Trinajstić information content (AvgIpc) is 3.05. The fraction of sp³-hybridized carbons (Fsp3) is 0.118. The van der Waals surface area contributed by atoms with Crippen molar-refractivity contribution in [2.75, 3.05) is 0 Å². The Labute approximate surface area is 141 Å². The van der Waals surface area contributed by atoms with Crippen LogP contribution in [0.2, 0.25) is 5.02 Å². The molecule has 2 heterocycles. The molecule has 0 amide bonds. The highest BCUT2D eigenvalue weighted by Crippen LogP contribution is 2.27. The summed E-state index contributed by atoms with van der Waals surface area (Å²) in [6, 6.07) is 15.0. The summed E-state index contributed by atoms with van der Waals surface area (Å²) < 4.78 is 3.14. The van der Waals surface area contributed by atoms with Gasteiger partial charge in [-0.3, -0.25) is 4.79 Å². The molecule has 0 N–H and O–H groups in total. The number of carbonyl (C=O) groups is 1. The molecule has 120 valence electrons. The lowest BCUT2D eigenvalue weighted by atomic mass is 10.1. The van der Waals surface area contributed by atoms with Crippen LogP contribution in [0.5, 0.6) is 0 Å². The summed E-state index contributed by atoms with van der Waals surface area (Å²) in [5.41, 5.74) is -0.0447. The van der Waals surface area contributed by atoms with Crippen molar-refractivity contribution in [1.29, 1.82) is 0 Å². The van der Waals surface area contributed by atoms with Crippen molar-refractivity contribution in [3.8, 4) is 5.69 Å². The molecule has 0 aliphatic carbocycles. The number of carbonyl (C=O) groups excluding carboxylic acids is 1. The summed E-state index contributed by atoms with van der Waals surface area (Å²) in [7, 11) is 0. The van der Waals surface area contributed by atoms with E-state index in [-0.39, 0.29) is 6.42 Å². The second kappa shape index (κ2) is 5.35. The Morgan fingerprint density at radius 3 is 2.38 bits per heavy atom. The van der Waals surface area contributed by atoms with Gasteiger partial charge in [-0.1, -0.05) is 41.9 Å². The smallest absolute Gasteiger partial charge is 0.272 e. The molecule has 1 aliphatic rings. The number of rotatable bonds is 2. The molecule has 4 rings (SSSR count). The molecule has 0 fully saturated rings. The van der Waals surface area contributed by atoms with Gasteiger partial charge in [0.1, 0.15) is 0 Å². The molecule has 0 saturated heterocycles. The lowest BCUT2D eigenvalue weighted by Gasteiger charge is -2.10. The molecule has 0 saturated carbocycles. The first kappa shape index (κ1) is 14.7. The minimum Gasteiger partial charge on any atom is -0.272 e. The molecule has 0 spiro atoms. The van der Waals surface area contributed by atoms with Crippen LogP contribution in [0.1, 0.15) is 22.8 Å². The summed E-state index contributed by atoms with van der Waals surface area (Å²) in [6.45, 7) is 0. The topological polar surface area (TPSA) is 66.0 Å². The highest BCUT2D eigenvalue weighted by atomic mass is 35.5. The van der Waals surface area contributed by atoms with E-state index in [1.54, 1.807) is 54.6 Å². The monoisotopic (exact) mass is 341 g/mol. The Morgan fingerprint density at radius 2 is 1.67 bits per heavy atom. The van der Waals surface area contributed by atoms with Crippen molar-refractivity contribution in [2.24, 2.45) is 0 Å². The van der Waals surface area contributed by atoms with Gasteiger partial charge in [-0.15, -0.1) is 0 Å². The fourth-order valence-corrected chi connectivity index (χ4v) is 3.26. The number of aromatic nitrogens is 3. The van der Waals surface area contributed by atoms with E-state index in [0.29, 0.717) is 10.7 Å². The van der Waals surface area contributed by atoms with E-state index in [0.717, 1.165) is 14.8 Å². The molecule has 1 unspecified atom stereocenters. The average molecular weight is 342 g/mol. The van der Waals surface area contributed by atoms with Gasteiger partial charge in [0.15, 0.2) is 0 Å². The van der Waals surface area contributed by atoms with Crippen LogP contribution in [0.25, 0.3) is 5.69 Å². The van der Waals surface area contributed by atoms with E-state index in [1.165, 1.54) is 4.68 Å². The van der Waals surface area contributed by atoms with Gasteiger partial charge in [0.2, 0.25) is 0 Å². The molecule has 3 aromatic rings. The predicted molar refractivity (Wildman–Crippen MR) is 89.1 cm³/mol. The van der Waals surface area contributed by atoms with Gasteiger partial charge in [-0.25, -0.2) is 18.8 Å². The second-order valence-electron chi connectivity index (χ2n) is 5.56. The maximum Gasteiger partial charge on any atom is 0.359 e. The molecule has 0 bridgehead atoms. The zero-order valence-corrected chi connectivity index (χ0v) is 13.2. The lowest BCUT2D eigenvalue weighted by molar-refractivity contribution is 0.0910. The van der Waals surface area contributed by atoms with Gasteiger partial charge >= 0.3 is 11.4 Å². The van der Waals surface area contributed by atoms with Gasteiger partial charge in [0.25, 0.3) is 5.91 Å². The zero-order chi connectivity index (χ0) is 16.8. The number of para-hydroxylation sites is 1. The first-order valence-electron chi connectivity index (χ1n) is 7.38. The molecule has 7 heteroatoms.